The molecule has 2 rings (SSSR count). The van der Waals surface area contributed by atoms with Gasteiger partial charge >= 0.3 is 0 Å². The number of ketones is 1. The van der Waals surface area contributed by atoms with E-state index in [1.54, 1.807) is 0 Å². The Hall–Kier alpha value is -0.900. The van der Waals surface area contributed by atoms with Gasteiger partial charge in [0.25, 0.3) is 0 Å². The van der Waals surface area contributed by atoms with E-state index in [4.69, 9.17) is 16.3 Å². The lowest BCUT2D eigenvalue weighted by Crippen LogP contribution is -2.54. The fraction of sp³-hybridized carbons (Fsp3) is 0.533. The second-order valence-electron chi connectivity index (χ2n) is 5.39. The summed E-state index contributed by atoms with van der Waals surface area (Å²) in [6.45, 7) is 7.01. The highest BCUT2D eigenvalue weighted by Gasteiger charge is 2.34. The Kier molecular flexibility index (Phi) is 4.61. The summed E-state index contributed by atoms with van der Waals surface area (Å²) in [6.07, 6.45) is 0.422. The second-order valence-corrected chi connectivity index (χ2v) is 5.82. The molecular formula is C15H20ClNO2. The molecule has 0 aliphatic carbocycles. The van der Waals surface area contributed by atoms with Crippen LogP contribution in [0.4, 0.5) is 0 Å². The van der Waals surface area contributed by atoms with Crippen LogP contribution in [-0.4, -0.2) is 42.5 Å². The maximum Gasteiger partial charge on any atom is 0.156 e. The van der Waals surface area contributed by atoms with E-state index in [0.717, 1.165) is 18.7 Å². The van der Waals surface area contributed by atoms with E-state index >= 15 is 0 Å². The number of ether oxygens (including phenoxy) is 1. The molecule has 19 heavy (non-hydrogen) atoms. The molecule has 0 spiro atoms. The fourth-order valence-electron chi connectivity index (χ4n) is 2.35. The molecule has 104 valence electrons. The summed E-state index contributed by atoms with van der Waals surface area (Å²) in [6, 6.07) is 7.50. The number of rotatable bonds is 4. The van der Waals surface area contributed by atoms with Crippen molar-refractivity contribution in [3.05, 3.63) is 34.9 Å². The molecule has 4 heteroatoms. The predicted octanol–water partition coefficient (Wildman–Crippen LogP) is 2.56. The summed E-state index contributed by atoms with van der Waals surface area (Å²) in [5.74, 6) is 0.219. The summed E-state index contributed by atoms with van der Waals surface area (Å²) >= 11 is 5.95. The fourth-order valence-corrected chi connectivity index (χ4v) is 2.56. The van der Waals surface area contributed by atoms with Crippen LogP contribution in [0.3, 0.4) is 0 Å². The number of hydrogen-bond acceptors (Lipinski definition) is 3. The summed E-state index contributed by atoms with van der Waals surface area (Å²) in [5.41, 5.74) is 0.519. The van der Waals surface area contributed by atoms with Crippen molar-refractivity contribution in [2.24, 2.45) is 0 Å². The average molecular weight is 282 g/mol. The zero-order valence-electron chi connectivity index (χ0n) is 11.5. The molecule has 0 atom stereocenters. The Balaban J connectivity index is 2.05. The molecule has 0 amide bonds. The smallest absolute Gasteiger partial charge is 0.156 e. The first kappa shape index (κ1) is 14.5. The first-order chi connectivity index (χ1) is 9.00. The molecule has 0 radical (unpaired) electrons. The minimum atomic E-state index is -0.452. The van der Waals surface area contributed by atoms with Crippen LogP contribution >= 0.6 is 11.6 Å². The molecule has 1 fully saturated rings. The number of benzene rings is 1. The first-order valence-electron chi connectivity index (χ1n) is 6.60. The molecule has 0 saturated carbocycles. The maximum atomic E-state index is 12.5. The molecule has 0 N–H and O–H groups in total. The zero-order valence-corrected chi connectivity index (χ0v) is 12.2. The largest absolute Gasteiger partial charge is 0.379 e. The van der Waals surface area contributed by atoms with Crippen molar-refractivity contribution in [2.75, 3.05) is 26.3 Å². The highest BCUT2D eigenvalue weighted by atomic mass is 35.5. The van der Waals surface area contributed by atoms with Crippen LogP contribution in [-0.2, 0) is 16.0 Å². The van der Waals surface area contributed by atoms with Crippen LogP contribution in [0.5, 0.6) is 0 Å². The minimum Gasteiger partial charge on any atom is -0.379 e. The molecule has 3 nitrogen and oxygen atoms in total. The molecule has 1 aromatic carbocycles. The molecule has 1 aliphatic heterocycles. The van der Waals surface area contributed by atoms with Gasteiger partial charge in [0, 0.05) is 24.5 Å². The minimum absolute atomic E-state index is 0.219. The van der Waals surface area contributed by atoms with Gasteiger partial charge in [-0.2, -0.15) is 0 Å². The summed E-state index contributed by atoms with van der Waals surface area (Å²) in [5, 5.41) is 0.675. The third-order valence-electron chi connectivity index (χ3n) is 3.74. The van der Waals surface area contributed by atoms with Gasteiger partial charge in [-0.05, 0) is 31.5 Å². The Bertz CT molecular complexity index is 453. The Morgan fingerprint density at radius 3 is 2.68 bits per heavy atom. The van der Waals surface area contributed by atoms with Crippen molar-refractivity contribution in [3.63, 3.8) is 0 Å². The lowest BCUT2D eigenvalue weighted by molar-refractivity contribution is -0.131. The average Bonchev–Trinajstić information content (AvgIpc) is 2.39. The van der Waals surface area contributed by atoms with Gasteiger partial charge < -0.3 is 4.74 Å². The topological polar surface area (TPSA) is 29.5 Å². The van der Waals surface area contributed by atoms with Gasteiger partial charge in [-0.3, -0.25) is 9.69 Å². The van der Waals surface area contributed by atoms with Gasteiger partial charge in [0.2, 0.25) is 0 Å². The van der Waals surface area contributed by atoms with Crippen molar-refractivity contribution >= 4 is 17.4 Å². The van der Waals surface area contributed by atoms with Crippen LogP contribution in [0, 0.1) is 0 Å². The van der Waals surface area contributed by atoms with Gasteiger partial charge in [-0.15, -0.1) is 0 Å². The zero-order chi connectivity index (χ0) is 13.9. The number of halogens is 1. The Morgan fingerprint density at radius 1 is 1.37 bits per heavy atom. The number of Topliss-reactive ketones (excluding diaryl/α,β-unsaturated/α-hetero) is 1. The lowest BCUT2D eigenvalue weighted by Gasteiger charge is -2.39. The van der Waals surface area contributed by atoms with E-state index < -0.39 is 5.54 Å². The number of nitrogens with zero attached hydrogens (tertiary/aromatic N) is 1. The van der Waals surface area contributed by atoms with Crippen molar-refractivity contribution < 1.29 is 9.53 Å². The maximum absolute atomic E-state index is 12.5. The molecule has 1 saturated heterocycles. The lowest BCUT2D eigenvalue weighted by atomic mass is 9.91. The van der Waals surface area contributed by atoms with Crippen molar-refractivity contribution in [1.29, 1.82) is 0 Å². The van der Waals surface area contributed by atoms with Gasteiger partial charge in [-0.1, -0.05) is 23.7 Å². The molecule has 1 heterocycles. The molecule has 0 bridgehead atoms. The van der Waals surface area contributed by atoms with Crippen molar-refractivity contribution in [1.82, 2.24) is 4.90 Å². The number of morpholine rings is 1. The van der Waals surface area contributed by atoms with E-state index in [2.05, 4.69) is 4.90 Å². The van der Waals surface area contributed by atoms with Crippen LogP contribution < -0.4 is 0 Å². The number of carbonyl (C=O) groups is 1. The highest BCUT2D eigenvalue weighted by Crippen LogP contribution is 2.20. The van der Waals surface area contributed by atoms with E-state index in [-0.39, 0.29) is 5.78 Å². The van der Waals surface area contributed by atoms with Crippen LogP contribution in [0.1, 0.15) is 19.4 Å². The third kappa shape index (κ3) is 3.56. The first-order valence-corrected chi connectivity index (χ1v) is 6.98. The normalized spacial score (nSPS) is 17.4. The van der Waals surface area contributed by atoms with E-state index in [1.807, 2.05) is 38.1 Å². The van der Waals surface area contributed by atoms with E-state index in [1.165, 1.54) is 0 Å². The molecule has 0 aromatic heterocycles. The second kappa shape index (κ2) is 6.04. The van der Waals surface area contributed by atoms with Crippen molar-refractivity contribution in [2.45, 2.75) is 25.8 Å². The Morgan fingerprint density at radius 2 is 2.05 bits per heavy atom. The predicted molar refractivity (Wildman–Crippen MR) is 76.6 cm³/mol. The third-order valence-corrected chi connectivity index (χ3v) is 3.97. The highest BCUT2D eigenvalue weighted by molar-refractivity contribution is 6.30. The van der Waals surface area contributed by atoms with Gasteiger partial charge in [-0.25, -0.2) is 0 Å². The SMILES string of the molecule is CC(C)(C(=O)Cc1cccc(Cl)c1)N1CCOCC1. The number of carbonyl (C=O) groups excluding carboxylic acids is 1. The van der Waals surface area contributed by atoms with Crippen LogP contribution in [0.25, 0.3) is 0 Å². The standard InChI is InChI=1S/C15H20ClNO2/c1-15(2,17-6-8-19-9-7-17)14(18)11-12-4-3-5-13(16)10-12/h3-5,10H,6-9,11H2,1-2H3. The van der Waals surface area contributed by atoms with E-state index in [9.17, 15) is 4.79 Å². The Labute approximate surface area is 119 Å². The van der Waals surface area contributed by atoms with Gasteiger partial charge in [0.15, 0.2) is 5.78 Å². The van der Waals surface area contributed by atoms with Gasteiger partial charge in [0.05, 0.1) is 18.8 Å². The quantitative estimate of drug-likeness (QED) is 0.849. The van der Waals surface area contributed by atoms with Crippen molar-refractivity contribution in [3.8, 4) is 0 Å². The monoisotopic (exact) mass is 281 g/mol. The summed E-state index contributed by atoms with van der Waals surface area (Å²) in [7, 11) is 0. The summed E-state index contributed by atoms with van der Waals surface area (Å²) in [4.78, 5) is 14.7. The molecule has 1 aliphatic rings. The number of hydrogen-bond donors (Lipinski definition) is 0. The molecule has 0 unspecified atom stereocenters. The van der Waals surface area contributed by atoms with Gasteiger partial charge in [0.1, 0.15) is 0 Å². The molecular weight excluding hydrogens is 262 g/mol. The van der Waals surface area contributed by atoms with E-state index in [0.29, 0.717) is 24.7 Å². The van der Waals surface area contributed by atoms with Crippen LogP contribution in [0.15, 0.2) is 24.3 Å². The molecule has 1 aromatic rings. The van der Waals surface area contributed by atoms with Crippen LogP contribution in [0.2, 0.25) is 5.02 Å². The summed E-state index contributed by atoms with van der Waals surface area (Å²) < 4.78 is 5.34.